The molecule has 27 aromatic rings. The average molecular weight is 1560 g/mol. The fourth-order valence-electron chi connectivity index (χ4n) is 19.4. The molecule has 0 aliphatic heterocycles. The summed E-state index contributed by atoms with van der Waals surface area (Å²) in [5.74, 6) is 3.06. The zero-order valence-electron chi connectivity index (χ0n) is 64.9. The number of nitrogens with zero attached hydrogens (tertiary/aromatic N) is 8. The van der Waals surface area contributed by atoms with Gasteiger partial charge in [0.2, 0.25) is 0 Å². The van der Waals surface area contributed by atoms with Crippen LogP contribution in [0.2, 0.25) is 0 Å². The molecule has 564 valence electrons. The second-order valence-electron chi connectivity index (χ2n) is 32.0. The van der Waals surface area contributed by atoms with Crippen molar-refractivity contribution in [2.24, 2.45) is 0 Å². The Balaban J connectivity index is 0.678. The number of rotatable bonds is 9. The molecule has 0 bridgehead atoms. The minimum absolute atomic E-state index is 0.487. The van der Waals surface area contributed by atoms with Crippen LogP contribution in [0.25, 0.3) is 276 Å². The molecule has 0 aliphatic carbocycles. The lowest BCUT2D eigenvalue weighted by molar-refractivity contribution is 0.666. The van der Waals surface area contributed by atoms with E-state index in [1.807, 2.05) is 66.7 Å². The number of para-hydroxylation sites is 3. The van der Waals surface area contributed by atoms with Gasteiger partial charge in [0.05, 0.1) is 33.4 Å². The number of furan rings is 4. The van der Waals surface area contributed by atoms with Gasteiger partial charge in [0.25, 0.3) is 0 Å². The smallest absolute Gasteiger partial charge is 0.164 e. The van der Waals surface area contributed by atoms with Crippen molar-refractivity contribution in [1.82, 2.24) is 39.0 Å². The summed E-state index contributed by atoms with van der Waals surface area (Å²) in [6, 6.07) is 128. The molecule has 0 saturated heterocycles. The number of benzene rings is 19. The van der Waals surface area contributed by atoms with E-state index >= 15 is 0 Å². The van der Waals surface area contributed by atoms with E-state index in [0.717, 1.165) is 219 Å². The molecule has 0 N–H and O–H groups in total. The predicted molar refractivity (Wildman–Crippen MR) is 497 cm³/mol. The van der Waals surface area contributed by atoms with E-state index in [-0.39, 0.29) is 0 Å². The van der Waals surface area contributed by atoms with Crippen molar-refractivity contribution in [1.29, 1.82) is 0 Å². The maximum atomic E-state index is 7.34. The molecule has 8 heterocycles. The lowest BCUT2D eigenvalue weighted by Gasteiger charge is -2.14. The molecular formula is C110H60N8O4. The number of fused-ring (bicyclic) bond motifs is 23. The summed E-state index contributed by atoms with van der Waals surface area (Å²) in [6.45, 7) is 0. The number of aromatic nitrogens is 8. The summed E-state index contributed by atoms with van der Waals surface area (Å²) >= 11 is 0. The van der Waals surface area contributed by atoms with Crippen LogP contribution < -0.4 is 0 Å². The minimum Gasteiger partial charge on any atom is -0.456 e. The number of hydrogen-bond acceptors (Lipinski definition) is 10. The Labute approximate surface area is 692 Å². The van der Waals surface area contributed by atoms with Crippen molar-refractivity contribution in [3.8, 4) is 90.8 Å². The molecule has 0 radical (unpaired) electrons. The Hall–Kier alpha value is -16.7. The summed E-state index contributed by atoms with van der Waals surface area (Å²) in [6.07, 6.45) is 0. The van der Waals surface area contributed by atoms with Crippen molar-refractivity contribution in [2.75, 3.05) is 0 Å². The maximum absolute atomic E-state index is 7.34. The van der Waals surface area contributed by atoms with Gasteiger partial charge in [0.15, 0.2) is 46.1 Å². The van der Waals surface area contributed by atoms with Crippen LogP contribution in [0.3, 0.4) is 0 Å². The van der Waals surface area contributed by atoms with Gasteiger partial charge in [-0.1, -0.05) is 237 Å². The minimum atomic E-state index is 0.487. The van der Waals surface area contributed by atoms with Crippen LogP contribution in [0, 0.1) is 0 Å². The summed E-state index contributed by atoms with van der Waals surface area (Å²) < 4.78 is 33.0. The van der Waals surface area contributed by atoms with Gasteiger partial charge in [-0.3, -0.25) is 0 Å². The SMILES string of the molecule is c1ccc(-c2nc(-c3cc(-n4c5ccc(-c6ccc(-c7nc(-c8ccc9ccccc9c8)nc(-c8cc(-n9c%10cc%11ccccc%11cc%10c%10cc%11ccccc%11cc%109)c9oc%10ccccc%10c9c8)n7)c7c6oc6ccccc67)cc5c5cc6ccccc6cc54)c4oc5cc6ccccc6cc5c4c3)nc(-c3cccc4oc5ccccc5c34)n2)cc1. The van der Waals surface area contributed by atoms with E-state index in [0.29, 0.717) is 46.1 Å². The van der Waals surface area contributed by atoms with Crippen LogP contribution in [0.1, 0.15) is 0 Å². The van der Waals surface area contributed by atoms with E-state index in [9.17, 15) is 0 Å². The molecule has 27 rings (SSSR count). The van der Waals surface area contributed by atoms with E-state index in [1.165, 1.54) is 10.8 Å². The van der Waals surface area contributed by atoms with Gasteiger partial charge in [-0.2, -0.15) is 0 Å². The molecule has 0 aliphatic rings. The highest BCUT2D eigenvalue weighted by Crippen LogP contribution is 2.50. The predicted octanol–water partition coefficient (Wildman–Crippen LogP) is 29.3. The zero-order valence-corrected chi connectivity index (χ0v) is 64.9. The van der Waals surface area contributed by atoms with Crippen LogP contribution >= 0.6 is 0 Å². The lowest BCUT2D eigenvalue weighted by atomic mass is 9.96. The summed E-state index contributed by atoms with van der Waals surface area (Å²) in [5, 5.41) is 23.0. The van der Waals surface area contributed by atoms with Crippen molar-refractivity contribution < 1.29 is 17.7 Å². The van der Waals surface area contributed by atoms with E-state index < -0.39 is 0 Å². The highest BCUT2D eigenvalue weighted by atomic mass is 16.3. The Kier molecular flexibility index (Phi) is 13.8. The molecule has 0 spiro atoms. The third-order valence-corrected chi connectivity index (χ3v) is 25.0. The standard InChI is InChI=1S/C110H60N8O4/c1-2-22-62(23-3-1)105-111-107(115-109(113-105)80-36-20-40-98-100(80)78-34-15-18-38-96(78)119-98)75-54-88-86-51-67-28-9-13-32-71(67)60-99(86)122-103(88)93(58-75)117-89-46-43-72(52-82(89)83-48-64-25-6-10-29-68(64)55-90(83)117)76-44-45-81(101-79-35-16-19-39-97(79)121-104(76)101)110-114-106(73-42-41-61-21-4-5-24-63(61)47-73)112-108(116-110)74-53-87-77-33-14-17-37-95(77)120-102(87)94(59-74)118-91-56-69-30-11-7-26-65(69)49-84(91)85-50-66-27-8-12-31-70(66)57-92(85)118/h1-60H. The van der Waals surface area contributed by atoms with Crippen molar-refractivity contribution in [3.05, 3.63) is 364 Å². The molecule has 0 atom stereocenters. The van der Waals surface area contributed by atoms with Gasteiger partial charge in [-0.25, -0.2) is 29.9 Å². The van der Waals surface area contributed by atoms with Gasteiger partial charge >= 0.3 is 0 Å². The molecule has 19 aromatic carbocycles. The normalized spacial score (nSPS) is 12.3. The molecular weight excluding hydrogens is 1500 g/mol. The van der Waals surface area contributed by atoms with Crippen molar-refractivity contribution >= 4 is 185 Å². The molecule has 0 unspecified atom stereocenters. The summed E-state index contributed by atoms with van der Waals surface area (Å²) in [4.78, 5) is 33.2. The van der Waals surface area contributed by atoms with Gasteiger partial charge in [-0.15, -0.1) is 0 Å². The van der Waals surface area contributed by atoms with Crippen LogP contribution in [-0.4, -0.2) is 39.0 Å². The Morgan fingerprint density at radius 1 is 0.172 bits per heavy atom. The molecule has 0 amide bonds. The second kappa shape index (κ2) is 25.4. The Morgan fingerprint density at radius 3 is 1.15 bits per heavy atom. The van der Waals surface area contributed by atoms with Crippen LogP contribution in [-0.2, 0) is 0 Å². The molecule has 122 heavy (non-hydrogen) atoms. The van der Waals surface area contributed by atoms with Crippen molar-refractivity contribution in [3.63, 3.8) is 0 Å². The maximum Gasteiger partial charge on any atom is 0.164 e. The quantitative estimate of drug-likeness (QED) is 0.137. The zero-order chi connectivity index (χ0) is 79.5. The highest BCUT2D eigenvalue weighted by molar-refractivity contribution is 6.23. The van der Waals surface area contributed by atoms with E-state index in [1.54, 1.807) is 0 Å². The van der Waals surface area contributed by atoms with E-state index in [4.69, 9.17) is 47.6 Å². The largest absolute Gasteiger partial charge is 0.456 e. The highest BCUT2D eigenvalue weighted by Gasteiger charge is 2.29. The van der Waals surface area contributed by atoms with Gasteiger partial charge < -0.3 is 26.8 Å². The first-order chi connectivity index (χ1) is 60.4. The topological polar surface area (TPSA) is 140 Å². The lowest BCUT2D eigenvalue weighted by Crippen LogP contribution is -2.02. The fraction of sp³-hybridized carbons (Fsp3) is 0. The molecule has 12 heteroatoms. The monoisotopic (exact) mass is 1560 g/mol. The average Bonchev–Trinajstić information content (AvgIpc) is 1.55. The molecule has 0 saturated carbocycles. The van der Waals surface area contributed by atoms with Crippen molar-refractivity contribution in [2.45, 2.75) is 0 Å². The fourth-order valence-corrected chi connectivity index (χ4v) is 19.4. The Morgan fingerprint density at radius 2 is 0.557 bits per heavy atom. The van der Waals surface area contributed by atoms with Crippen LogP contribution in [0.4, 0.5) is 0 Å². The third kappa shape index (κ3) is 10.0. The summed E-state index contributed by atoms with van der Waals surface area (Å²) in [5.41, 5.74) is 18.5. The van der Waals surface area contributed by atoms with Gasteiger partial charge in [-0.05, 0) is 187 Å². The first-order valence-electron chi connectivity index (χ1n) is 41.0. The summed E-state index contributed by atoms with van der Waals surface area (Å²) in [7, 11) is 0. The van der Waals surface area contributed by atoms with Crippen LogP contribution in [0.5, 0.6) is 0 Å². The molecule has 12 nitrogen and oxygen atoms in total. The van der Waals surface area contributed by atoms with E-state index in [2.05, 4.69) is 306 Å². The third-order valence-electron chi connectivity index (χ3n) is 25.0. The molecule has 0 fully saturated rings. The Bertz CT molecular complexity index is 9170. The second-order valence-corrected chi connectivity index (χ2v) is 32.0. The van der Waals surface area contributed by atoms with Gasteiger partial charge in [0, 0.05) is 104 Å². The van der Waals surface area contributed by atoms with Crippen LogP contribution in [0.15, 0.2) is 382 Å². The van der Waals surface area contributed by atoms with Gasteiger partial charge in [0.1, 0.15) is 33.5 Å². The number of hydrogen-bond donors (Lipinski definition) is 0. The molecule has 8 aromatic heterocycles. The first kappa shape index (κ1) is 66.4. The first-order valence-corrected chi connectivity index (χ1v) is 41.0.